The van der Waals surface area contributed by atoms with Crippen LogP contribution in [0.4, 0.5) is 0 Å². The quantitative estimate of drug-likeness (QED) is 0.793. The van der Waals surface area contributed by atoms with Crippen molar-refractivity contribution in [1.29, 1.82) is 0 Å². The van der Waals surface area contributed by atoms with E-state index in [1.807, 2.05) is 0 Å². The van der Waals surface area contributed by atoms with Gasteiger partial charge in [0.05, 0.1) is 0 Å². The third-order valence-electron chi connectivity index (χ3n) is 3.69. The van der Waals surface area contributed by atoms with Gasteiger partial charge in [0, 0.05) is 12.6 Å². The van der Waals surface area contributed by atoms with Gasteiger partial charge in [-0.15, -0.1) is 0 Å². The molecule has 1 N–H and O–H groups in total. The Hall–Kier alpha value is -0.820. The topological polar surface area (TPSA) is 12.0 Å². The standard InChI is InChI=1S/C15H23N/c1-11(2)12(3)16-10-14-6-4-5-7-15(14)13-8-9-13/h4-7,11-13,16H,8-10H2,1-3H3. The molecule has 1 aromatic rings. The van der Waals surface area contributed by atoms with Crippen LogP contribution in [0.15, 0.2) is 24.3 Å². The van der Waals surface area contributed by atoms with Gasteiger partial charge >= 0.3 is 0 Å². The lowest BCUT2D eigenvalue weighted by atomic mass is 10.0. The van der Waals surface area contributed by atoms with E-state index in [-0.39, 0.29) is 0 Å². The zero-order valence-electron chi connectivity index (χ0n) is 10.7. The Morgan fingerprint density at radius 1 is 1.19 bits per heavy atom. The lowest BCUT2D eigenvalue weighted by molar-refractivity contribution is 0.425. The fraction of sp³-hybridized carbons (Fsp3) is 0.600. The Bertz CT molecular complexity index is 339. The van der Waals surface area contributed by atoms with E-state index in [1.165, 1.54) is 18.4 Å². The van der Waals surface area contributed by atoms with Crippen molar-refractivity contribution in [3.8, 4) is 0 Å². The van der Waals surface area contributed by atoms with E-state index in [2.05, 4.69) is 50.4 Å². The van der Waals surface area contributed by atoms with Gasteiger partial charge in [-0.2, -0.15) is 0 Å². The predicted molar refractivity (Wildman–Crippen MR) is 69.6 cm³/mol. The second kappa shape index (κ2) is 5.01. The monoisotopic (exact) mass is 217 g/mol. The summed E-state index contributed by atoms with van der Waals surface area (Å²) < 4.78 is 0. The van der Waals surface area contributed by atoms with E-state index in [4.69, 9.17) is 0 Å². The van der Waals surface area contributed by atoms with E-state index < -0.39 is 0 Å². The molecule has 88 valence electrons. The lowest BCUT2D eigenvalue weighted by Gasteiger charge is -2.18. The van der Waals surface area contributed by atoms with Crippen molar-refractivity contribution in [2.45, 2.75) is 52.1 Å². The van der Waals surface area contributed by atoms with E-state index in [9.17, 15) is 0 Å². The fourth-order valence-electron chi connectivity index (χ4n) is 1.99. The second-order valence-electron chi connectivity index (χ2n) is 5.39. The summed E-state index contributed by atoms with van der Waals surface area (Å²) in [7, 11) is 0. The molecule has 1 aliphatic carbocycles. The highest BCUT2D eigenvalue weighted by Crippen LogP contribution is 2.41. The first-order valence-electron chi connectivity index (χ1n) is 6.49. The first kappa shape index (κ1) is 11.7. The van der Waals surface area contributed by atoms with Gasteiger partial charge < -0.3 is 5.32 Å². The normalized spacial score (nSPS) is 17.8. The summed E-state index contributed by atoms with van der Waals surface area (Å²) in [5.74, 6) is 1.56. The smallest absolute Gasteiger partial charge is 0.0210 e. The number of hydrogen-bond acceptors (Lipinski definition) is 1. The van der Waals surface area contributed by atoms with Gasteiger partial charge in [0.15, 0.2) is 0 Å². The molecule has 1 saturated carbocycles. The molecule has 0 aromatic heterocycles. The molecule has 0 spiro atoms. The van der Waals surface area contributed by atoms with Crippen molar-refractivity contribution in [1.82, 2.24) is 5.32 Å². The summed E-state index contributed by atoms with van der Waals surface area (Å²) in [5.41, 5.74) is 3.07. The average Bonchev–Trinajstić information content (AvgIpc) is 3.10. The number of benzene rings is 1. The summed E-state index contributed by atoms with van der Waals surface area (Å²) in [6, 6.07) is 9.49. The molecule has 1 unspecified atom stereocenters. The number of nitrogens with one attached hydrogen (secondary N) is 1. The molecular weight excluding hydrogens is 194 g/mol. The number of rotatable bonds is 5. The fourth-order valence-corrected chi connectivity index (χ4v) is 1.99. The van der Waals surface area contributed by atoms with Crippen LogP contribution in [0.2, 0.25) is 0 Å². The molecular formula is C15H23N. The van der Waals surface area contributed by atoms with Gasteiger partial charge in [-0.3, -0.25) is 0 Å². The third kappa shape index (κ3) is 2.85. The zero-order valence-corrected chi connectivity index (χ0v) is 10.7. The van der Waals surface area contributed by atoms with Gasteiger partial charge in [0.25, 0.3) is 0 Å². The molecule has 1 aromatic carbocycles. The van der Waals surface area contributed by atoms with E-state index in [0.717, 1.165) is 12.5 Å². The summed E-state index contributed by atoms with van der Waals surface area (Å²) >= 11 is 0. The summed E-state index contributed by atoms with van der Waals surface area (Å²) in [6.07, 6.45) is 2.77. The molecule has 0 amide bonds. The Kier molecular flexibility index (Phi) is 3.65. The van der Waals surface area contributed by atoms with Gasteiger partial charge in [-0.1, -0.05) is 38.1 Å². The maximum Gasteiger partial charge on any atom is 0.0210 e. The first-order chi connectivity index (χ1) is 7.68. The van der Waals surface area contributed by atoms with Crippen molar-refractivity contribution >= 4 is 0 Å². The third-order valence-corrected chi connectivity index (χ3v) is 3.69. The van der Waals surface area contributed by atoms with Crippen LogP contribution in [0.1, 0.15) is 50.7 Å². The van der Waals surface area contributed by atoms with Crippen molar-refractivity contribution in [3.05, 3.63) is 35.4 Å². The second-order valence-corrected chi connectivity index (χ2v) is 5.39. The molecule has 1 atom stereocenters. The van der Waals surface area contributed by atoms with Crippen molar-refractivity contribution < 1.29 is 0 Å². The summed E-state index contributed by atoms with van der Waals surface area (Å²) in [6.45, 7) is 7.82. The van der Waals surface area contributed by atoms with Crippen molar-refractivity contribution in [3.63, 3.8) is 0 Å². The van der Waals surface area contributed by atoms with Crippen LogP contribution < -0.4 is 5.32 Å². The highest BCUT2D eigenvalue weighted by Gasteiger charge is 2.25. The molecule has 16 heavy (non-hydrogen) atoms. The molecule has 0 radical (unpaired) electrons. The maximum atomic E-state index is 3.62. The molecule has 2 rings (SSSR count). The van der Waals surface area contributed by atoms with E-state index in [1.54, 1.807) is 5.56 Å². The Morgan fingerprint density at radius 3 is 2.50 bits per heavy atom. The van der Waals surface area contributed by atoms with E-state index >= 15 is 0 Å². The minimum Gasteiger partial charge on any atom is -0.310 e. The Balaban J connectivity index is 1.98. The van der Waals surface area contributed by atoms with Crippen molar-refractivity contribution in [2.24, 2.45) is 5.92 Å². The van der Waals surface area contributed by atoms with E-state index in [0.29, 0.717) is 12.0 Å². The highest BCUT2D eigenvalue weighted by atomic mass is 14.9. The van der Waals surface area contributed by atoms with Crippen LogP contribution >= 0.6 is 0 Å². The molecule has 1 heteroatoms. The van der Waals surface area contributed by atoms with Gasteiger partial charge in [0.1, 0.15) is 0 Å². The average molecular weight is 217 g/mol. The van der Waals surface area contributed by atoms with Crippen LogP contribution in [0.5, 0.6) is 0 Å². The van der Waals surface area contributed by atoms with Crippen LogP contribution in [0, 0.1) is 5.92 Å². The molecule has 1 aliphatic rings. The van der Waals surface area contributed by atoms with Crippen LogP contribution in [-0.4, -0.2) is 6.04 Å². The first-order valence-corrected chi connectivity index (χ1v) is 6.49. The lowest BCUT2D eigenvalue weighted by Crippen LogP contribution is -2.30. The Morgan fingerprint density at radius 2 is 1.88 bits per heavy atom. The predicted octanol–water partition coefficient (Wildman–Crippen LogP) is 3.70. The molecule has 1 fully saturated rings. The zero-order chi connectivity index (χ0) is 11.5. The highest BCUT2D eigenvalue weighted by molar-refractivity contribution is 5.33. The summed E-state index contributed by atoms with van der Waals surface area (Å²) in [5, 5.41) is 3.62. The summed E-state index contributed by atoms with van der Waals surface area (Å²) in [4.78, 5) is 0. The van der Waals surface area contributed by atoms with Crippen LogP contribution in [0.25, 0.3) is 0 Å². The molecule has 0 saturated heterocycles. The SMILES string of the molecule is CC(C)C(C)NCc1ccccc1C1CC1. The minimum atomic E-state index is 0.590. The van der Waals surface area contributed by atoms with Gasteiger partial charge in [-0.05, 0) is 42.7 Å². The maximum absolute atomic E-state index is 3.62. The van der Waals surface area contributed by atoms with Crippen LogP contribution in [-0.2, 0) is 6.54 Å². The minimum absolute atomic E-state index is 0.590. The molecule has 0 aliphatic heterocycles. The molecule has 0 bridgehead atoms. The molecule has 1 nitrogen and oxygen atoms in total. The number of hydrogen-bond donors (Lipinski definition) is 1. The van der Waals surface area contributed by atoms with Gasteiger partial charge in [-0.25, -0.2) is 0 Å². The van der Waals surface area contributed by atoms with Crippen molar-refractivity contribution in [2.75, 3.05) is 0 Å². The van der Waals surface area contributed by atoms with Crippen LogP contribution in [0.3, 0.4) is 0 Å². The largest absolute Gasteiger partial charge is 0.310 e. The molecule has 0 heterocycles. The van der Waals surface area contributed by atoms with Gasteiger partial charge in [0.2, 0.25) is 0 Å². The Labute approximate surface area is 99.3 Å².